The third-order valence-corrected chi connectivity index (χ3v) is 4.01. The maximum Gasteiger partial charge on any atom is 0.142 e. The molecule has 0 aliphatic carbocycles. The number of rotatable bonds is 5. The van der Waals surface area contributed by atoms with Crippen LogP contribution in [-0.2, 0) is 0 Å². The molecule has 1 aliphatic heterocycles. The standard InChI is InChI=1S/C16H26N2O/c1-4-17-12-13(2)14(3)18-10-7-11-19-16-9-6-5-8-15(16)18/h5-6,8-9,13-14,17H,4,7,10-12H2,1-3H3. The lowest BCUT2D eigenvalue weighted by Gasteiger charge is -2.34. The summed E-state index contributed by atoms with van der Waals surface area (Å²) in [5, 5.41) is 3.45. The Labute approximate surface area is 116 Å². The number of anilines is 1. The highest BCUT2D eigenvalue weighted by Gasteiger charge is 2.24. The van der Waals surface area contributed by atoms with Crippen molar-refractivity contribution in [1.29, 1.82) is 0 Å². The van der Waals surface area contributed by atoms with E-state index in [0.29, 0.717) is 12.0 Å². The first-order valence-corrected chi connectivity index (χ1v) is 7.43. The van der Waals surface area contributed by atoms with Crippen molar-refractivity contribution >= 4 is 5.69 Å². The Kier molecular flexibility index (Phi) is 5.08. The molecule has 3 heteroatoms. The molecule has 1 aromatic rings. The van der Waals surface area contributed by atoms with Crippen molar-refractivity contribution in [3.63, 3.8) is 0 Å². The Bertz CT molecular complexity index is 394. The molecule has 1 aromatic carbocycles. The lowest BCUT2D eigenvalue weighted by molar-refractivity contribution is 0.321. The van der Waals surface area contributed by atoms with Gasteiger partial charge in [-0.1, -0.05) is 26.0 Å². The molecule has 0 bridgehead atoms. The quantitative estimate of drug-likeness (QED) is 0.883. The third-order valence-electron chi connectivity index (χ3n) is 4.01. The molecule has 19 heavy (non-hydrogen) atoms. The third kappa shape index (κ3) is 3.41. The van der Waals surface area contributed by atoms with Crippen LogP contribution in [0, 0.1) is 5.92 Å². The summed E-state index contributed by atoms with van der Waals surface area (Å²) in [5.74, 6) is 1.65. The van der Waals surface area contributed by atoms with Gasteiger partial charge in [0.05, 0.1) is 12.3 Å². The number of para-hydroxylation sites is 2. The fourth-order valence-corrected chi connectivity index (χ4v) is 2.63. The molecule has 1 heterocycles. The van der Waals surface area contributed by atoms with Crippen LogP contribution in [0.4, 0.5) is 5.69 Å². The van der Waals surface area contributed by atoms with Gasteiger partial charge in [0.1, 0.15) is 5.75 Å². The first kappa shape index (κ1) is 14.2. The van der Waals surface area contributed by atoms with Crippen LogP contribution in [-0.4, -0.2) is 32.3 Å². The SMILES string of the molecule is CCNCC(C)C(C)N1CCCOc2ccccc21. The fraction of sp³-hybridized carbons (Fsp3) is 0.625. The highest BCUT2D eigenvalue weighted by molar-refractivity contribution is 5.59. The van der Waals surface area contributed by atoms with Crippen LogP contribution in [0.3, 0.4) is 0 Å². The zero-order chi connectivity index (χ0) is 13.7. The molecule has 0 fully saturated rings. The van der Waals surface area contributed by atoms with E-state index >= 15 is 0 Å². The molecule has 2 rings (SSSR count). The zero-order valence-corrected chi connectivity index (χ0v) is 12.4. The zero-order valence-electron chi connectivity index (χ0n) is 12.4. The average molecular weight is 262 g/mol. The summed E-state index contributed by atoms with van der Waals surface area (Å²) in [6.07, 6.45) is 1.09. The topological polar surface area (TPSA) is 24.5 Å². The van der Waals surface area contributed by atoms with Crippen LogP contribution in [0.5, 0.6) is 5.75 Å². The van der Waals surface area contributed by atoms with E-state index in [1.807, 2.05) is 0 Å². The largest absolute Gasteiger partial charge is 0.491 e. The first-order chi connectivity index (χ1) is 9.24. The fourth-order valence-electron chi connectivity index (χ4n) is 2.63. The molecule has 1 aliphatic rings. The Balaban J connectivity index is 2.14. The van der Waals surface area contributed by atoms with E-state index in [1.165, 1.54) is 5.69 Å². The minimum Gasteiger partial charge on any atom is -0.491 e. The summed E-state index contributed by atoms with van der Waals surface area (Å²) in [6, 6.07) is 8.92. The van der Waals surface area contributed by atoms with Gasteiger partial charge in [-0.05, 0) is 44.5 Å². The normalized spacial score (nSPS) is 18.2. The summed E-state index contributed by atoms with van der Waals surface area (Å²) < 4.78 is 5.83. The number of nitrogens with one attached hydrogen (secondary N) is 1. The van der Waals surface area contributed by atoms with Crippen molar-refractivity contribution < 1.29 is 4.74 Å². The Hall–Kier alpha value is -1.22. The van der Waals surface area contributed by atoms with Crippen molar-refractivity contribution in [3.05, 3.63) is 24.3 Å². The molecule has 0 radical (unpaired) electrons. The second-order valence-corrected chi connectivity index (χ2v) is 5.39. The van der Waals surface area contributed by atoms with Crippen molar-refractivity contribution in [3.8, 4) is 5.75 Å². The molecule has 0 saturated carbocycles. The molecular formula is C16H26N2O. The van der Waals surface area contributed by atoms with Crippen LogP contribution in [0.2, 0.25) is 0 Å². The van der Waals surface area contributed by atoms with Gasteiger partial charge in [0.15, 0.2) is 0 Å². The molecule has 3 nitrogen and oxygen atoms in total. The van der Waals surface area contributed by atoms with Crippen LogP contribution in [0.25, 0.3) is 0 Å². The second kappa shape index (κ2) is 6.80. The number of hydrogen-bond acceptors (Lipinski definition) is 3. The predicted octanol–water partition coefficient (Wildman–Crippen LogP) is 2.91. The molecular weight excluding hydrogens is 236 g/mol. The molecule has 0 saturated heterocycles. The Morgan fingerprint density at radius 3 is 2.89 bits per heavy atom. The van der Waals surface area contributed by atoms with Crippen molar-refractivity contribution in [2.45, 2.75) is 33.2 Å². The molecule has 1 N–H and O–H groups in total. The van der Waals surface area contributed by atoms with Gasteiger partial charge in [0.2, 0.25) is 0 Å². The van der Waals surface area contributed by atoms with Gasteiger partial charge >= 0.3 is 0 Å². The van der Waals surface area contributed by atoms with E-state index in [1.54, 1.807) is 0 Å². The lowest BCUT2D eigenvalue weighted by Crippen LogP contribution is -2.41. The van der Waals surface area contributed by atoms with Crippen molar-refractivity contribution in [1.82, 2.24) is 5.32 Å². The number of ether oxygens (including phenoxy) is 1. The molecule has 0 amide bonds. The number of hydrogen-bond donors (Lipinski definition) is 1. The summed E-state index contributed by atoms with van der Waals surface area (Å²) >= 11 is 0. The average Bonchev–Trinajstić information content (AvgIpc) is 2.66. The highest BCUT2D eigenvalue weighted by atomic mass is 16.5. The maximum atomic E-state index is 5.83. The first-order valence-electron chi connectivity index (χ1n) is 7.43. The van der Waals surface area contributed by atoms with Crippen molar-refractivity contribution in [2.24, 2.45) is 5.92 Å². The minimum atomic E-state index is 0.516. The van der Waals surface area contributed by atoms with Gasteiger partial charge in [0, 0.05) is 12.6 Å². The van der Waals surface area contributed by atoms with Gasteiger partial charge in [-0.15, -0.1) is 0 Å². The van der Waals surface area contributed by atoms with Crippen LogP contribution in [0.1, 0.15) is 27.2 Å². The summed E-state index contributed by atoms with van der Waals surface area (Å²) in [5.41, 5.74) is 1.25. The van der Waals surface area contributed by atoms with Gasteiger partial charge in [-0.3, -0.25) is 0 Å². The van der Waals surface area contributed by atoms with E-state index in [4.69, 9.17) is 4.74 Å². The second-order valence-electron chi connectivity index (χ2n) is 5.39. The number of benzene rings is 1. The van der Waals surface area contributed by atoms with Gasteiger partial charge in [-0.25, -0.2) is 0 Å². The van der Waals surface area contributed by atoms with Gasteiger partial charge in [0.25, 0.3) is 0 Å². The maximum absolute atomic E-state index is 5.83. The molecule has 2 unspecified atom stereocenters. The monoisotopic (exact) mass is 262 g/mol. The minimum absolute atomic E-state index is 0.516. The summed E-state index contributed by atoms with van der Waals surface area (Å²) in [4.78, 5) is 2.50. The molecule has 106 valence electrons. The summed E-state index contributed by atoms with van der Waals surface area (Å²) in [6.45, 7) is 10.8. The van der Waals surface area contributed by atoms with Crippen LogP contribution in [0.15, 0.2) is 24.3 Å². The highest BCUT2D eigenvalue weighted by Crippen LogP contribution is 2.33. The number of nitrogens with zero attached hydrogens (tertiary/aromatic N) is 1. The van der Waals surface area contributed by atoms with E-state index < -0.39 is 0 Å². The van der Waals surface area contributed by atoms with E-state index in [9.17, 15) is 0 Å². The molecule has 0 spiro atoms. The van der Waals surface area contributed by atoms with Gasteiger partial charge in [-0.2, -0.15) is 0 Å². The van der Waals surface area contributed by atoms with Crippen LogP contribution >= 0.6 is 0 Å². The Morgan fingerprint density at radius 1 is 1.32 bits per heavy atom. The smallest absolute Gasteiger partial charge is 0.142 e. The molecule has 2 atom stereocenters. The van der Waals surface area contributed by atoms with E-state index in [0.717, 1.165) is 38.4 Å². The van der Waals surface area contributed by atoms with Crippen LogP contribution < -0.4 is 15.0 Å². The summed E-state index contributed by atoms with van der Waals surface area (Å²) in [7, 11) is 0. The van der Waals surface area contributed by atoms with Crippen molar-refractivity contribution in [2.75, 3.05) is 31.1 Å². The molecule has 0 aromatic heterocycles. The van der Waals surface area contributed by atoms with Gasteiger partial charge < -0.3 is 15.0 Å². The number of fused-ring (bicyclic) bond motifs is 1. The van der Waals surface area contributed by atoms with E-state index in [-0.39, 0.29) is 0 Å². The van der Waals surface area contributed by atoms with E-state index in [2.05, 4.69) is 55.3 Å². The lowest BCUT2D eigenvalue weighted by atomic mass is 10.0. The Morgan fingerprint density at radius 2 is 2.11 bits per heavy atom. The predicted molar refractivity (Wildman–Crippen MR) is 81.1 cm³/mol.